The van der Waals surface area contributed by atoms with Crippen molar-refractivity contribution in [3.63, 3.8) is 0 Å². The smallest absolute Gasteiger partial charge is 0.220 e. The number of nitrogens with one attached hydrogen (secondary N) is 1. The van der Waals surface area contributed by atoms with E-state index in [1.54, 1.807) is 0 Å². The van der Waals surface area contributed by atoms with E-state index in [4.69, 9.17) is 0 Å². The van der Waals surface area contributed by atoms with Crippen LogP contribution in [0.4, 0.5) is 0 Å². The monoisotopic (exact) mass is 217 g/mol. The molecule has 2 nitrogen and oxygen atoms in total. The second-order valence-corrected chi connectivity index (χ2v) is 5.11. The minimum Gasteiger partial charge on any atom is -0.353 e. The number of hydrogen-bond acceptors (Lipinski definition) is 1. The first-order valence-corrected chi connectivity index (χ1v) is 5.93. The van der Waals surface area contributed by atoms with Crippen LogP contribution in [0.2, 0.25) is 0 Å². The number of carbonyl (C=O) groups is 1. The molecule has 1 aliphatic rings. The summed E-state index contributed by atoms with van der Waals surface area (Å²) >= 11 is 0. The zero-order chi connectivity index (χ0) is 11.6. The van der Waals surface area contributed by atoms with Crippen molar-refractivity contribution in [1.82, 2.24) is 5.32 Å². The molecule has 1 aromatic carbocycles. The third-order valence-corrected chi connectivity index (χ3v) is 3.81. The number of rotatable bonds is 3. The van der Waals surface area contributed by atoms with E-state index < -0.39 is 0 Å². The fraction of sp³-hybridized carbons (Fsp3) is 0.500. The molecular weight excluding hydrogens is 198 g/mol. The van der Waals surface area contributed by atoms with Gasteiger partial charge in [0, 0.05) is 12.5 Å². The van der Waals surface area contributed by atoms with Crippen molar-refractivity contribution < 1.29 is 4.79 Å². The van der Waals surface area contributed by atoms with Crippen LogP contribution in [0.1, 0.15) is 32.3 Å². The molecule has 2 heteroatoms. The van der Waals surface area contributed by atoms with E-state index in [0.717, 1.165) is 12.8 Å². The van der Waals surface area contributed by atoms with Crippen LogP contribution in [0.3, 0.4) is 0 Å². The molecule has 2 rings (SSSR count). The van der Waals surface area contributed by atoms with Gasteiger partial charge in [0.1, 0.15) is 0 Å². The summed E-state index contributed by atoms with van der Waals surface area (Å²) in [6.07, 6.45) is 2.79. The lowest BCUT2D eigenvalue weighted by atomic mass is 9.78. The molecule has 86 valence electrons. The minimum atomic E-state index is 0.118. The largest absolute Gasteiger partial charge is 0.353 e. The Morgan fingerprint density at radius 3 is 2.62 bits per heavy atom. The molecule has 1 fully saturated rings. The van der Waals surface area contributed by atoms with E-state index >= 15 is 0 Å². The lowest BCUT2D eigenvalue weighted by Crippen LogP contribution is -2.32. The molecule has 1 aliphatic heterocycles. The number of hydrogen-bond donors (Lipinski definition) is 1. The van der Waals surface area contributed by atoms with Crippen LogP contribution in [0.5, 0.6) is 0 Å². The number of amides is 1. The van der Waals surface area contributed by atoms with Gasteiger partial charge in [-0.1, -0.05) is 37.3 Å². The van der Waals surface area contributed by atoms with E-state index in [0.29, 0.717) is 12.5 Å². The van der Waals surface area contributed by atoms with Gasteiger partial charge in [0.05, 0.1) is 0 Å². The highest BCUT2D eigenvalue weighted by atomic mass is 16.2. The van der Waals surface area contributed by atoms with Gasteiger partial charge in [-0.3, -0.25) is 4.79 Å². The normalized spacial score (nSPS) is 29.1. The Labute approximate surface area is 97.1 Å². The van der Waals surface area contributed by atoms with E-state index in [1.165, 1.54) is 5.56 Å². The molecule has 0 saturated carbocycles. The molecule has 0 spiro atoms. The molecule has 0 bridgehead atoms. The summed E-state index contributed by atoms with van der Waals surface area (Å²) in [4.78, 5) is 11.4. The maximum Gasteiger partial charge on any atom is 0.220 e. The lowest BCUT2D eigenvalue weighted by molar-refractivity contribution is -0.119. The number of carbonyl (C=O) groups excluding carboxylic acids is 1. The van der Waals surface area contributed by atoms with Crippen molar-refractivity contribution in [1.29, 1.82) is 0 Å². The van der Waals surface area contributed by atoms with Gasteiger partial charge in [0.2, 0.25) is 5.91 Å². The molecule has 0 aromatic heterocycles. The van der Waals surface area contributed by atoms with Crippen molar-refractivity contribution in [2.75, 3.05) is 0 Å². The highest BCUT2D eigenvalue weighted by Crippen LogP contribution is 2.35. The predicted octanol–water partition coefficient (Wildman–Crippen LogP) is 2.53. The van der Waals surface area contributed by atoms with Gasteiger partial charge in [-0.15, -0.1) is 0 Å². The van der Waals surface area contributed by atoms with E-state index in [1.807, 2.05) is 6.07 Å². The van der Waals surface area contributed by atoms with Crippen molar-refractivity contribution in [3.05, 3.63) is 35.9 Å². The lowest BCUT2D eigenvalue weighted by Gasteiger charge is -2.27. The third kappa shape index (κ3) is 2.26. The molecule has 0 aliphatic carbocycles. The second-order valence-electron chi connectivity index (χ2n) is 5.11. The van der Waals surface area contributed by atoms with Crippen molar-refractivity contribution in [2.24, 2.45) is 5.41 Å². The minimum absolute atomic E-state index is 0.118. The maximum atomic E-state index is 11.4. The zero-order valence-corrected chi connectivity index (χ0v) is 9.99. The van der Waals surface area contributed by atoms with Crippen LogP contribution in [-0.2, 0) is 11.2 Å². The summed E-state index contributed by atoms with van der Waals surface area (Å²) < 4.78 is 0. The molecule has 1 saturated heterocycles. The Bertz CT molecular complexity index is 374. The first-order chi connectivity index (χ1) is 7.60. The van der Waals surface area contributed by atoms with Gasteiger partial charge in [-0.2, -0.15) is 0 Å². The zero-order valence-electron chi connectivity index (χ0n) is 9.99. The molecule has 1 heterocycles. The fourth-order valence-electron chi connectivity index (χ4n) is 2.37. The van der Waals surface area contributed by atoms with Crippen LogP contribution in [-0.4, -0.2) is 11.9 Å². The highest BCUT2D eigenvalue weighted by Gasteiger charge is 2.39. The Kier molecular flexibility index (Phi) is 2.99. The molecule has 1 N–H and O–H groups in total. The SMILES string of the molecule is CC1NC(=O)CC1(C)CCc1ccccc1. The van der Waals surface area contributed by atoms with Crippen LogP contribution >= 0.6 is 0 Å². The first kappa shape index (κ1) is 11.2. The van der Waals surface area contributed by atoms with Gasteiger partial charge in [0.15, 0.2) is 0 Å². The van der Waals surface area contributed by atoms with Gasteiger partial charge in [-0.05, 0) is 30.7 Å². The average Bonchev–Trinajstić information content (AvgIpc) is 2.52. The Balaban J connectivity index is 1.98. The van der Waals surface area contributed by atoms with Crippen LogP contribution < -0.4 is 5.32 Å². The van der Waals surface area contributed by atoms with E-state index in [2.05, 4.69) is 43.4 Å². The fourth-order valence-corrected chi connectivity index (χ4v) is 2.37. The predicted molar refractivity (Wildman–Crippen MR) is 65.1 cm³/mol. The molecule has 1 aromatic rings. The average molecular weight is 217 g/mol. The quantitative estimate of drug-likeness (QED) is 0.828. The summed E-state index contributed by atoms with van der Waals surface area (Å²) in [6, 6.07) is 10.8. The van der Waals surface area contributed by atoms with Crippen molar-refractivity contribution in [3.8, 4) is 0 Å². The maximum absolute atomic E-state index is 11.4. The Hall–Kier alpha value is -1.31. The molecule has 2 atom stereocenters. The van der Waals surface area contributed by atoms with Crippen LogP contribution in [0, 0.1) is 5.41 Å². The van der Waals surface area contributed by atoms with E-state index in [-0.39, 0.29) is 11.3 Å². The van der Waals surface area contributed by atoms with E-state index in [9.17, 15) is 4.79 Å². The molecule has 2 unspecified atom stereocenters. The van der Waals surface area contributed by atoms with Gasteiger partial charge in [0.25, 0.3) is 0 Å². The molecule has 1 amide bonds. The van der Waals surface area contributed by atoms with Crippen molar-refractivity contribution in [2.45, 2.75) is 39.2 Å². The number of aryl methyl sites for hydroxylation is 1. The molecular formula is C14H19NO. The summed E-state index contributed by atoms with van der Waals surface area (Å²) in [7, 11) is 0. The summed E-state index contributed by atoms with van der Waals surface area (Å²) in [5.41, 5.74) is 1.47. The van der Waals surface area contributed by atoms with Crippen LogP contribution in [0.25, 0.3) is 0 Å². The van der Waals surface area contributed by atoms with Gasteiger partial charge >= 0.3 is 0 Å². The van der Waals surface area contributed by atoms with Gasteiger partial charge in [-0.25, -0.2) is 0 Å². The summed E-state index contributed by atoms with van der Waals surface area (Å²) in [5.74, 6) is 0.197. The molecule has 0 radical (unpaired) electrons. The van der Waals surface area contributed by atoms with Crippen molar-refractivity contribution >= 4 is 5.91 Å². The summed E-state index contributed by atoms with van der Waals surface area (Å²) in [6.45, 7) is 4.31. The second kappa shape index (κ2) is 4.28. The molecule has 16 heavy (non-hydrogen) atoms. The topological polar surface area (TPSA) is 29.1 Å². The van der Waals surface area contributed by atoms with Gasteiger partial charge < -0.3 is 5.32 Å². The Morgan fingerprint density at radius 1 is 1.38 bits per heavy atom. The number of benzene rings is 1. The summed E-state index contributed by atoms with van der Waals surface area (Å²) in [5, 5.41) is 3.00. The standard InChI is InChI=1S/C14H19NO/c1-11-14(2,10-13(16)15-11)9-8-12-6-4-3-5-7-12/h3-7,11H,8-10H2,1-2H3,(H,15,16). The van der Waals surface area contributed by atoms with Crippen LogP contribution in [0.15, 0.2) is 30.3 Å². The first-order valence-electron chi connectivity index (χ1n) is 5.93. The highest BCUT2D eigenvalue weighted by molar-refractivity contribution is 5.79. The third-order valence-electron chi connectivity index (χ3n) is 3.81. The Morgan fingerprint density at radius 2 is 2.06 bits per heavy atom.